The van der Waals surface area contributed by atoms with Crippen molar-refractivity contribution in [1.29, 1.82) is 0 Å². The molecule has 1 heterocycles. The van der Waals surface area contributed by atoms with E-state index >= 15 is 0 Å². The number of rotatable bonds is 6. The van der Waals surface area contributed by atoms with Gasteiger partial charge in [0.05, 0.1) is 7.11 Å². The van der Waals surface area contributed by atoms with Gasteiger partial charge in [0.25, 0.3) is 0 Å². The third kappa shape index (κ3) is 4.90. The normalized spacial score (nSPS) is 11.9. The van der Waals surface area contributed by atoms with Gasteiger partial charge in [-0.1, -0.05) is 0 Å². The molecular weight excluding hydrogens is 242 g/mol. The Morgan fingerprint density at radius 2 is 2.35 bits per heavy atom. The third-order valence-corrected chi connectivity index (χ3v) is 2.80. The molecule has 0 saturated heterocycles. The lowest BCUT2D eigenvalue weighted by Gasteiger charge is -2.05. The minimum atomic E-state index is -0.783. The maximum absolute atomic E-state index is 11.2. The van der Waals surface area contributed by atoms with Crippen LogP contribution in [-0.4, -0.2) is 45.8 Å². The zero-order valence-electron chi connectivity index (χ0n) is 9.80. The first-order valence-corrected chi connectivity index (χ1v) is 6.81. The van der Waals surface area contributed by atoms with Gasteiger partial charge in [-0.3, -0.25) is 4.21 Å². The van der Waals surface area contributed by atoms with Gasteiger partial charge in [-0.15, -0.1) is 0 Å². The number of aromatic nitrogens is 2. The van der Waals surface area contributed by atoms with E-state index in [0.29, 0.717) is 18.1 Å². The van der Waals surface area contributed by atoms with Crippen LogP contribution in [0.15, 0.2) is 12.3 Å². The van der Waals surface area contributed by atoms with Crippen LogP contribution in [0.5, 0.6) is 0 Å². The van der Waals surface area contributed by atoms with E-state index in [2.05, 4.69) is 20.0 Å². The van der Waals surface area contributed by atoms with Crippen LogP contribution in [-0.2, 0) is 15.5 Å². The summed E-state index contributed by atoms with van der Waals surface area (Å²) in [5.41, 5.74) is 0. The summed E-state index contributed by atoms with van der Waals surface area (Å²) in [5.74, 6) is 0.657. The van der Waals surface area contributed by atoms with Gasteiger partial charge < -0.3 is 10.1 Å². The second-order valence-corrected chi connectivity index (χ2v) is 4.87. The number of nitrogens with one attached hydrogen (secondary N) is 1. The molecule has 0 aliphatic carbocycles. The van der Waals surface area contributed by atoms with Crippen molar-refractivity contribution in [3.05, 3.63) is 18.1 Å². The average Bonchev–Trinajstić information content (AvgIpc) is 2.34. The summed E-state index contributed by atoms with van der Waals surface area (Å²) < 4.78 is 15.4. The molecule has 1 aromatic rings. The highest BCUT2D eigenvalue weighted by Gasteiger charge is 2.08. The first-order valence-electron chi connectivity index (χ1n) is 5.08. The highest BCUT2D eigenvalue weighted by molar-refractivity contribution is 7.84. The molecule has 1 aromatic heterocycles. The average molecular weight is 257 g/mol. The van der Waals surface area contributed by atoms with Gasteiger partial charge in [0.15, 0.2) is 0 Å². The summed E-state index contributed by atoms with van der Waals surface area (Å²) in [4.78, 5) is 18.9. The van der Waals surface area contributed by atoms with E-state index < -0.39 is 16.8 Å². The number of nitrogens with zero attached hydrogens (tertiary/aromatic N) is 2. The Labute approximate surface area is 102 Å². The highest BCUT2D eigenvalue weighted by atomic mass is 32.2. The van der Waals surface area contributed by atoms with Gasteiger partial charge in [0.1, 0.15) is 5.82 Å². The number of ether oxygens (including phenoxy) is 1. The molecule has 7 heteroatoms. The fourth-order valence-electron chi connectivity index (χ4n) is 1.14. The van der Waals surface area contributed by atoms with Crippen molar-refractivity contribution in [1.82, 2.24) is 9.97 Å². The van der Waals surface area contributed by atoms with Crippen molar-refractivity contribution in [2.45, 2.75) is 6.42 Å². The fourth-order valence-corrected chi connectivity index (χ4v) is 1.69. The molecule has 0 aromatic carbocycles. The summed E-state index contributed by atoms with van der Waals surface area (Å²) in [6.07, 6.45) is 3.93. The molecule has 0 aliphatic heterocycles. The largest absolute Gasteiger partial charge is 0.463 e. The molecule has 0 spiro atoms. The Bertz CT molecular complexity index is 412. The van der Waals surface area contributed by atoms with E-state index in [1.165, 1.54) is 13.3 Å². The lowest BCUT2D eigenvalue weighted by atomic mass is 10.4. The summed E-state index contributed by atoms with van der Waals surface area (Å²) in [6, 6.07) is 1.66. The number of hydrogen-bond acceptors (Lipinski definition) is 6. The molecule has 1 atom stereocenters. The molecule has 0 saturated carbocycles. The zero-order chi connectivity index (χ0) is 12.7. The monoisotopic (exact) mass is 257 g/mol. The minimum Gasteiger partial charge on any atom is -0.463 e. The van der Waals surface area contributed by atoms with Gasteiger partial charge >= 0.3 is 5.97 Å². The molecule has 1 unspecified atom stereocenters. The Morgan fingerprint density at radius 1 is 1.59 bits per heavy atom. The van der Waals surface area contributed by atoms with Crippen molar-refractivity contribution < 1.29 is 13.7 Å². The smallest absolute Gasteiger partial charge is 0.376 e. The predicted molar refractivity (Wildman–Crippen MR) is 65.4 cm³/mol. The second-order valence-electron chi connectivity index (χ2n) is 3.31. The maximum atomic E-state index is 11.2. The van der Waals surface area contributed by atoms with Crippen LogP contribution in [0.4, 0.5) is 5.82 Å². The standard InChI is InChI=1S/C10H15N3O3S/c1-16-10(14)9-12-6-4-8(13-9)11-5-3-7-17(2)15/h4,6H,3,5,7H2,1-2H3,(H,11,12,13). The maximum Gasteiger partial charge on any atom is 0.376 e. The van der Waals surface area contributed by atoms with Crippen molar-refractivity contribution in [3.63, 3.8) is 0 Å². The minimum absolute atomic E-state index is 0.0246. The summed E-state index contributed by atoms with van der Waals surface area (Å²) >= 11 is 0. The topological polar surface area (TPSA) is 81.2 Å². The van der Waals surface area contributed by atoms with E-state index in [-0.39, 0.29) is 5.82 Å². The van der Waals surface area contributed by atoms with Gasteiger partial charge in [-0.05, 0) is 12.5 Å². The van der Waals surface area contributed by atoms with E-state index in [1.54, 1.807) is 12.3 Å². The highest BCUT2D eigenvalue weighted by Crippen LogP contribution is 2.03. The number of carbonyl (C=O) groups is 1. The first-order chi connectivity index (χ1) is 8.13. The van der Waals surface area contributed by atoms with Crippen LogP contribution in [0.3, 0.4) is 0 Å². The molecule has 1 rings (SSSR count). The van der Waals surface area contributed by atoms with Crippen LogP contribution in [0.1, 0.15) is 17.0 Å². The van der Waals surface area contributed by atoms with E-state index in [0.717, 1.165) is 6.42 Å². The third-order valence-electron chi connectivity index (χ3n) is 1.94. The van der Waals surface area contributed by atoms with Gasteiger partial charge in [-0.25, -0.2) is 14.8 Å². The van der Waals surface area contributed by atoms with Crippen LogP contribution in [0.2, 0.25) is 0 Å². The number of carbonyl (C=O) groups excluding carboxylic acids is 1. The quantitative estimate of drug-likeness (QED) is 0.588. The van der Waals surface area contributed by atoms with Crippen molar-refractivity contribution in [2.75, 3.05) is 31.0 Å². The number of esters is 1. The lowest BCUT2D eigenvalue weighted by Crippen LogP contribution is -2.11. The van der Waals surface area contributed by atoms with E-state index in [1.807, 2.05) is 0 Å². The molecule has 6 nitrogen and oxygen atoms in total. The molecule has 1 N–H and O–H groups in total. The Morgan fingerprint density at radius 3 is 3.00 bits per heavy atom. The van der Waals surface area contributed by atoms with Gasteiger partial charge in [0, 0.05) is 35.5 Å². The number of anilines is 1. The van der Waals surface area contributed by atoms with Crippen LogP contribution in [0.25, 0.3) is 0 Å². The summed E-state index contributed by atoms with van der Waals surface area (Å²) in [5, 5.41) is 3.03. The summed E-state index contributed by atoms with van der Waals surface area (Å²) in [6.45, 7) is 0.650. The van der Waals surface area contributed by atoms with Crippen LogP contribution in [0, 0.1) is 0 Å². The molecule has 94 valence electrons. The van der Waals surface area contributed by atoms with E-state index in [4.69, 9.17) is 0 Å². The Balaban J connectivity index is 2.48. The molecule has 0 bridgehead atoms. The summed E-state index contributed by atoms with van der Waals surface area (Å²) in [7, 11) is 0.497. The van der Waals surface area contributed by atoms with Crippen LogP contribution < -0.4 is 5.32 Å². The fraction of sp³-hybridized carbons (Fsp3) is 0.500. The molecule has 0 radical (unpaired) electrons. The zero-order valence-corrected chi connectivity index (χ0v) is 10.6. The van der Waals surface area contributed by atoms with E-state index in [9.17, 15) is 9.00 Å². The van der Waals surface area contributed by atoms with Crippen molar-refractivity contribution in [3.8, 4) is 0 Å². The van der Waals surface area contributed by atoms with Crippen LogP contribution >= 0.6 is 0 Å². The molecule has 17 heavy (non-hydrogen) atoms. The van der Waals surface area contributed by atoms with Gasteiger partial charge in [-0.2, -0.15) is 0 Å². The Hall–Kier alpha value is -1.50. The number of hydrogen-bond donors (Lipinski definition) is 1. The lowest BCUT2D eigenvalue weighted by molar-refractivity contribution is 0.0587. The van der Waals surface area contributed by atoms with Crippen molar-refractivity contribution in [2.24, 2.45) is 0 Å². The van der Waals surface area contributed by atoms with Gasteiger partial charge in [0.2, 0.25) is 5.82 Å². The second kappa shape index (κ2) is 6.95. The molecule has 0 aliphatic rings. The SMILES string of the molecule is COC(=O)c1nccc(NCCCS(C)=O)n1. The molecular formula is C10H15N3O3S. The number of methoxy groups -OCH3 is 1. The first kappa shape index (κ1) is 13.6. The molecule has 0 fully saturated rings. The Kier molecular flexibility index (Phi) is 5.55. The predicted octanol–water partition coefficient (Wildman–Crippen LogP) is 0.444. The van der Waals surface area contributed by atoms with Crippen molar-refractivity contribution >= 4 is 22.6 Å². The molecule has 0 amide bonds.